The number of hydrogen-bond donors (Lipinski definition) is 1. The molecule has 2 aromatic rings. The van der Waals surface area contributed by atoms with Crippen LogP contribution in [0.25, 0.3) is 5.69 Å². The molecule has 1 aromatic heterocycles. The summed E-state index contributed by atoms with van der Waals surface area (Å²) in [5.41, 5.74) is 8.17. The lowest BCUT2D eigenvalue weighted by Gasteiger charge is -2.28. The maximum absolute atomic E-state index is 13.6. The normalized spacial score (nSPS) is 13.3. The van der Waals surface area contributed by atoms with Gasteiger partial charge in [0.25, 0.3) is 5.91 Å². The monoisotopic (exact) mass is 398 g/mol. The van der Waals surface area contributed by atoms with E-state index in [1.54, 1.807) is 16.6 Å². The fourth-order valence-electron chi connectivity index (χ4n) is 3.40. The molecule has 0 spiro atoms. The molecule has 8 heteroatoms. The van der Waals surface area contributed by atoms with Crippen molar-refractivity contribution in [2.24, 2.45) is 11.1 Å². The Morgan fingerprint density at radius 3 is 2.63 bits per heavy atom. The number of aromatic nitrogens is 2. The smallest absolute Gasteiger partial charge is 0.274 e. The van der Waals surface area contributed by atoms with Crippen molar-refractivity contribution in [3.8, 4) is 5.69 Å². The standard InChI is InChI=1S/C19H24F2N4O.ClH/c1-19(2,10-22)11-24(3)18(26)17-13-5-4-6-16(13)25(23-17)12-7-8-14(20)15(21)9-12;/h7-9H,4-6,10-11,22H2,1-3H3;1H. The van der Waals surface area contributed by atoms with E-state index in [-0.39, 0.29) is 23.7 Å². The number of nitrogens with zero attached hydrogens (tertiary/aromatic N) is 3. The number of halogens is 3. The van der Waals surface area contributed by atoms with Crippen LogP contribution in [0.5, 0.6) is 0 Å². The van der Waals surface area contributed by atoms with E-state index in [2.05, 4.69) is 5.10 Å². The fraction of sp³-hybridized carbons (Fsp3) is 0.474. The molecule has 148 valence electrons. The molecule has 1 aliphatic rings. The molecule has 5 nitrogen and oxygen atoms in total. The summed E-state index contributed by atoms with van der Waals surface area (Å²) in [4.78, 5) is 14.6. The van der Waals surface area contributed by atoms with Gasteiger partial charge in [-0.05, 0) is 43.4 Å². The summed E-state index contributed by atoms with van der Waals surface area (Å²) >= 11 is 0. The predicted octanol–water partition coefficient (Wildman–Crippen LogP) is 3.12. The maximum atomic E-state index is 13.6. The van der Waals surface area contributed by atoms with E-state index in [4.69, 9.17) is 5.73 Å². The molecule has 0 saturated carbocycles. The van der Waals surface area contributed by atoms with E-state index < -0.39 is 11.6 Å². The van der Waals surface area contributed by atoms with Crippen LogP contribution in [-0.2, 0) is 12.8 Å². The Hall–Kier alpha value is -1.99. The minimum atomic E-state index is -0.931. The summed E-state index contributed by atoms with van der Waals surface area (Å²) in [7, 11) is 1.73. The van der Waals surface area contributed by atoms with Gasteiger partial charge in [-0.3, -0.25) is 4.79 Å². The molecular formula is C19H25ClF2N4O. The zero-order chi connectivity index (χ0) is 19.1. The molecule has 27 heavy (non-hydrogen) atoms. The molecule has 0 radical (unpaired) electrons. The first-order valence-electron chi connectivity index (χ1n) is 8.75. The van der Waals surface area contributed by atoms with Gasteiger partial charge in [-0.2, -0.15) is 5.10 Å². The van der Waals surface area contributed by atoms with Crippen molar-refractivity contribution in [1.29, 1.82) is 0 Å². The second kappa shape index (κ2) is 7.94. The molecule has 0 saturated heterocycles. The molecular weight excluding hydrogens is 374 g/mol. The van der Waals surface area contributed by atoms with Crippen LogP contribution in [0.2, 0.25) is 0 Å². The lowest BCUT2D eigenvalue weighted by Crippen LogP contribution is -2.40. The summed E-state index contributed by atoms with van der Waals surface area (Å²) in [6, 6.07) is 3.65. The van der Waals surface area contributed by atoms with E-state index in [1.807, 2.05) is 13.8 Å². The Morgan fingerprint density at radius 1 is 1.30 bits per heavy atom. The molecule has 0 unspecified atom stereocenters. The van der Waals surface area contributed by atoms with E-state index in [1.165, 1.54) is 6.07 Å². The Kier molecular flexibility index (Phi) is 6.27. The number of carbonyl (C=O) groups excluding carboxylic acids is 1. The first-order valence-corrected chi connectivity index (χ1v) is 8.75. The molecule has 1 aromatic carbocycles. The van der Waals surface area contributed by atoms with Gasteiger partial charge in [-0.1, -0.05) is 13.8 Å². The number of benzene rings is 1. The van der Waals surface area contributed by atoms with Crippen LogP contribution in [0, 0.1) is 17.0 Å². The minimum Gasteiger partial charge on any atom is -0.340 e. The SMILES string of the molecule is CN(CC(C)(C)CN)C(=O)c1nn(-c2ccc(F)c(F)c2)c2c1CCC2.Cl. The van der Waals surface area contributed by atoms with E-state index in [0.29, 0.717) is 24.5 Å². The highest BCUT2D eigenvalue weighted by atomic mass is 35.5. The van der Waals surface area contributed by atoms with Gasteiger partial charge in [0.15, 0.2) is 17.3 Å². The highest BCUT2D eigenvalue weighted by Gasteiger charge is 2.30. The Balaban J connectivity index is 0.00000261. The number of fused-ring (bicyclic) bond motifs is 1. The zero-order valence-electron chi connectivity index (χ0n) is 15.8. The minimum absolute atomic E-state index is 0. The zero-order valence-corrected chi connectivity index (χ0v) is 16.6. The van der Waals surface area contributed by atoms with Crippen molar-refractivity contribution in [3.63, 3.8) is 0 Å². The second-order valence-corrected chi connectivity index (χ2v) is 7.67. The first kappa shape index (κ1) is 21.3. The topological polar surface area (TPSA) is 64.2 Å². The quantitative estimate of drug-likeness (QED) is 0.841. The van der Waals surface area contributed by atoms with Crippen molar-refractivity contribution < 1.29 is 13.6 Å². The second-order valence-electron chi connectivity index (χ2n) is 7.67. The van der Waals surface area contributed by atoms with Gasteiger partial charge in [-0.25, -0.2) is 13.5 Å². The highest BCUT2D eigenvalue weighted by molar-refractivity contribution is 5.94. The maximum Gasteiger partial charge on any atom is 0.274 e. The van der Waals surface area contributed by atoms with E-state index >= 15 is 0 Å². The van der Waals surface area contributed by atoms with Crippen molar-refractivity contribution in [2.75, 3.05) is 20.1 Å². The third-order valence-corrected chi connectivity index (χ3v) is 4.85. The van der Waals surface area contributed by atoms with Gasteiger partial charge in [-0.15, -0.1) is 12.4 Å². The van der Waals surface area contributed by atoms with Gasteiger partial charge in [0, 0.05) is 30.9 Å². The highest BCUT2D eigenvalue weighted by Crippen LogP contribution is 2.29. The summed E-state index contributed by atoms with van der Waals surface area (Å²) in [6.45, 7) is 4.98. The van der Waals surface area contributed by atoms with Crippen molar-refractivity contribution in [1.82, 2.24) is 14.7 Å². The third kappa shape index (κ3) is 4.14. The van der Waals surface area contributed by atoms with Crippen LogP contribution in [0.4, 0.5) is 8.78 Å². The Labute approximate surface area is 163 Å². The van der Waals surface area contributed by atoms with E-state index in [9.17, 15) is 13.6 Å². The summed E-state index contributed by atoms with van der Waals surface area (Å²) in [5, 5.41) is 4.45. The average molecular weight is 399 g/mol. The van der Waals surface area contributed by atoms with Gasteiger partial charge in [0.05, 0.1) is 5.69 Å². The Morgan fingerprint density at radius 2 is 2.00 bits per heavy atom. The van der Waals surface area contributed by atoms with Gasteiger partial charge in [0.2, 0.25) is 0 Å². The molecule has 0 bridgehead atoms. The largest absolute Gasteiger partial charge is 0.340 e. The van der Waals surface area contributed by atoms with Gasteiger partial charge < -0.3 is 10.6 Å². The molecule has 0 aliphatic heterocycles. The molecule has 1 heterocycles. The number of carbonyl (C=O) groups is 1. The molecule has 3 rings (SSSR count). The average Bonchev–Trinajstić information content (AvgIpc) is 3.19. The van der Waals surface area contributed by atoms with Crippen LogP contribution in [0.3, 0.4) is 0 Å². The van der Waals surface area contributed by atoms with Gasteiger partial charge in [0.1, 0.15) is 0 Å². The number of amides is 1. The summed E-state index contributed by atoms with van der Waals surface area (Å²) in [6.07, 6.45) is 2.43. The summed E-state index contributed by atoms with van der Waals surface area (Å²) < 4.78 is 28.4. The number of hydrogen-bond acceptors (Lipinski definition) is 3. The van der Waals surface area contributed by atoms with Crippen LogP contribution in [-0.4, -0.2) is 40.7 Å². The molecule has 1 amide bonds. The molecule has 0 fully saturated rings. The van der Waals surface area contributed by atoms with Crippen molar-refractivity contribution in [3.05, 3.63) is 46.8 Å². The molecule has 0 atom stereocenters. The Bertz CT molecular complexity index is 850. The van der Waals surface area contributed by atoms with Crippen molar-refractivity contribution >= 4 is 18.3 Å². The molecule has 2 N–H and O–H groups in total. The number of nitrogens with two attached hydrogens (primary N) is 1. The first-order chi connectivity index (χ1) is 12.2. The summed E-state index contributed by atoms with van der Waals surface area (Å²) in [5.74, 6) is -2.01. The molecule has 1 aliphatic carbocycles. The van der Waals surface area contributed by atoms with E-state index in [0.717, 1.165) is 42.7 Å². The predicted molar refractivity (Wildman–Crippen MR) is 103 cm³/mol. The van der Waals surface area contributed by atoms with Crippen LogP contribution < -0.4 is 5.73 Å². The van der Waals surface area contributed by atoms with Crippen LogP contribution in [0.1, 0.15) is 42.0 Å². The lowest BCUT2D eigenvalue weighted by molar-refractivity contribution is 0.0733. The third-order valence-electron chi connectivity index (χ3n) is 4.85. The van der Waals surface area contributed by atoms with Gasteiger partial charge >= 0.3 is 0 Å². The van der Waals surface area contributed by atoms with Crippen LogP contribution in [0.15, 0.2) is 18.2 Å². The lowest BCUT2D eigenvalue weighted by atomic mass is 9.93. The van der Waals surface area contributed by atoms with Crippen LogP contribution >= 0.6 is 12.4 Å². The fourth-order valence-corrected chi connectivity index (χ4v) is 3.40. The number of rotatable bonds is 5. The van der Waals surface area contributed by atoms with Crippen molar-refractivity contribution in [2.45, 2.75) is 33.1 Å².